The summed E-state index contributed by atoms with van der Waals surface area (Å²) in [4.78, 5) is 16.5. The number of rotatable bonds is 9. The summed E-state index contributed by atoms with van der Waals surface area (Å²) in [5, 5.41) is 2.72. The number of hydrogen-bond acceptors (Lipinski definition) is 6. The molecule has 0 aliphatic heterocycles. The normalized spacial score (nSPS) is 11.3. The van der Waals surface area contributed by atoms with Crippen molar-refractivity contribution in [3.05, 3.63) is 53.9 Å². The maximum atomic E-state index is 12.5. The van der Waals surface area contributed by atoms with E-state index < -0.39 is 15.9 Å². The van der Waals surface area contributed by atoms with Gasteiger partial charge in [-0.25, -0.2) is 8.42 Å². The van der Waals surface area contributed by atoms with E-state index >= 15 is 0 Å². The van der Waals surface area contributed by atoms with Gasteiger partial charge in [0, 0.05) is 32.0 Å². The quantitative estimate of drug-likeness (QED) is 0.689. The van der Waals surface area contributed by atoms with Gasteiger partial charge in [0.15, 0.2) is 0 Å². The molecule has 0 spiro atoms. The third kappa shape index (κ3) is 5.66. The molecule has 0 aliphatic carbocycles. The Morgan fingerprint density at radius 2 is 1.81 bits per heavy atom. The van der Waals surface area contributed by atoms with Gasteiger partial charge >= 0.3 is 0 Å². The minimum atomic E-state index is -3.45. The van der Waals surface area contributed by atoms with Gasteiger partial charge in [-0.1, -0.05) is 12.1 Å². The lowest BCUT2D eigenvalue weighted by molar-refractivity contribution is 0.0945. The second-order valence-corrected chi connectivity index (χ2v) is 7.73. The van der Waals surface area contributed by atoms with Crippen molar-refractivity contribution in [2.45, 2.75) is 6.54 Å². The third-order valence-corrected chi connectivity index (χ3v) is 5.10. The molecule has 0 saturated carbocycles. The van der Waals surface area contributed by atoms with E-state index in [0.717, 1.165) is 11.8 Å². The molecule has 27 heavy (non-hydrogen) atoms. The number of nitrogens with zero attached hydrogens (tertiary/aromatic N) is 2. The lowest BCUT2D eigenvalue weighted by Crippen LogP contribution is -2.37. The van der Waals surface area contributed by atoms with Crippen LogP contribution in [0, 0.1) is 0 Å². The average Bonchev–Trinajstić information content (AvgIpc) is 2.66. The number of benzene rings is 1. The average molecular weight is 393 g/mol. The largest absolute Gasteiger partial charge is 0.496 e. The van der Waals surface area contributed by atoms with Gasteiger partial charge in [0.25, 0.3) is 5.91 Å². The fourth-order valence-electron chi connectivity index (χ4n) is 2.51. The molecule has 1 amide bonds. The number of amides is 1. The van der Waals surface area contributed by atoms with Crippen LogP contribution in [0.4, 0.5) is 0 Å². The van der Waals surface area contributed by atoms with E-state index in [2.05, 4.69) is 10.3 Å². The van der Waals surface area contributed by atoms with Gasteiger partial charge in [-0.15, -0.1) is 0 Å². The zero-order valence-corrected chi connectivity index (χ0v) is 16.3. The van der Waals surface area contributed by atoms with Gasteiger partial charge in [0.2, 0.25) is 10.0 Å². The summed E-state index contributed by atoms with van der Waals surface area (Å²) in [6, 6.07) is 8.56. The number of ether oxygens (including phenoxy) is 2. The Hall–Kier alpha value is -2.65. The van der Waals surface area contributed by atoms with Gasteiger partial charge in [-0.05, 0) is 23.8 Å². The van der Waals surface area contributed by atoms with E-state index in [1.165, 1.54) is 18.5 Å². The molecule has 1 N–H and O–H groups in total. The molecular weight excluding hydrogens is 370 g/mol. The van der Waals surface area contributed by atoms with Crippen LogP contribution in [0.15, 0.2) is 42.7 Å². The lowest BCUT2D eigenvalue weighted by atomic mass is 10.1. The van der Waals surface area contributed by atoms with E-state index in [9.17, 15) is 13.2 Å². The van der Waals surface area contributed by atoms with Crippen molar-refractivity contribution in [2.24, 2.45) is 0 Å². The molecule has 1 heterocycles. The highest BCUT2D eigenvalue weighted by Gasteiger charge is 2.20. The topological polar surface area (TPSA) is 97.8 Å². The minimum absolute atomic E-state index is 0.122. The van der Waals surface area contributed by atoms with Crippen molar-refractivity contribution in [3.8, 4) is 11.5 Å². The van der Waals surface area contributed by atoms with Gasteiger partial charge in [-0.3, -0.25) is 9.78 Å². The Balaban J connectivity index is 2.06. The summed E-state index contributed by atoms with van der Waals surface area (Å²) in [7, 11) is -0.520. The third-order valence-electron chi connectivity index (χ3n) is 3.85. The van der Waals surface area contributed by atoms with E-state index in [0.29, 0.717) is 11.5 Å². The first-order valence-electron chi connectivity index (χ1n) is 8.20. The smallest absolute Gasteiger partial charge is 0.258 e. The van der Waals surface area contributed by atoms with E-state index in [-0.39, 0.29) is 25.2 Å². The number of nitrogens with one attached hydrogen (secondary N) is 1. The monoisotopic (exact) mass is 393 g/mol. The summed E-state index contributed by atoms with van der Waals surface area (Å²) in [5.74, 6) is 0.350. The van der Waals surface area contributed by atoms with Crippen LogP contribution in [-0.4, -0.2) is 57.2 Å². The Labute approximate surface area is 159 Å². The van der Waals surface area contributed by atoms with Crippen LogP contribution in [0.2, 0.25) is 0 Å². The zero-order valence-electron chi connectivity index (χ0n) is 15.5. The summed E-state index contributed by atoms with van der Waals surface area (Å²) in [6.07, 6.45) is 4.36. The van der Waals surface area contributed by atoms with Crippen molar-refractivity contribution in [1.29, 1.82) is 0 Å². The highest BCUT2D eigenvalue weighted by atomic mass is 32.2. The summed E-state index contributed by atoms with van der Waals surface area (Å²) in [6.45, 7) is 0.435. The second-order valence-electron chi connectivity index (χ2n) is 5.75. The second kappa shape index (κ2) is 9.33. The Bertz CT molecular complexity index is 850. The van der Waals surface area contributed by atoms with Crippen LogP contribution >= 0.6 is 0 Å². The first-order valence-corrected chi connectivity index (χ1v) is 10.0. The summed E-state index contributed by atoms with van der Waals surface area (Å²) >= 11 is 0. The molecule has 1 aromatic carbocycles. The van der Waals surface area contributed by atoms with E-state index in [1.54, 1.807) is 42.7 Å². The van der Waals surface area contributed by atoms with Crippen molar-refractivity contribution in [1.82, 2.24) is 14.6 Å². The Morgan fingerprint density at radius 3 is 2.33 bits per heavy atom. The molecule has 0 unspecified atom stereocenters. The number of carbonyl (C=O) groups excluding carboxylic acids is 1. The van der Waals surface area contributed by atoms with Crippen molar-refractivity contribution in [3.63, 3.8) is 0 Å². The maximum Gasteiger partial charge on any atom is 0.258 e. The number of pyridine rings is 1. The molecule has 0 atom stereocenters. The Kier molecular flexibility index (Phi) is 7.14. The number of sulfonamides is 1. The first-order chi connectivity index (χ1) is 12.9. The first kappa shape index (κ1) is 20.7. The van der Waals surface area contributed by atoms with E-state index in [1.807, 2.05) is 0 Å². The van der Waals surface area contributed by atoms with Crippen LogP contribution in [-0.2, 0) is 16.6 Å². The number of aromatic nitrogens is 1. The zero-order chi connectivity index (χ0) is 19.9. The van der Waals surface area contributed by atoms with Crippen LogP contribution < -0.4 is 14.8 Å². The minimum Gasteiger partial charge on any atom is -0.496 e. The standard InChI is InChI=1S/C18H23N3O5S/c1-25-15-7-4-8-16(26-2)17(15)18(22)20-10-11-21(27(3,23)24)13-14-6-5-9-19-12-14/h4-9,12H,10-11,13H2,1-3H3,(H,20,22). The summed E-state index contributed by atoms with van der Waals surface area (Å²) < 4.78 is 35.8. The van der Waals surface area contributed by atoms with Crippen molar-refractivity contribution in [2.75, 3.05) is 33.6 Å². The van der Waals surface area contributed by atoms with Gasteiger partial charge < -0.3 is 14.8 Å². The molecule has 8 nitrogen and oxygen atoms in total. The predicted molar refractivity (Wildman–Crippen MR) is 101 cm³/mol. The van der Waals surface area contributed by atoms with Gasteiger partial charge in [0.05, 0.1) is 20.5 Å². The Morgan fingerprint density at radius 1 is 1.15 bits per heavy atom. The molecule has 2 rings (SSSR count). The molecule has 0 bridgehead atoms. The predicted octanol–water partition coefficient (Wildman–Crippen LogP) is 1.29. The molecule has 0 fully saturated rings. The van der Waals surface area contributed by atoms with Crippen molar-refractivity contribution >= 4 is 15.9 Å². The molecule has 0 saturated heterocycles. The number of methoxy groups -OCH3 is 2. The molecule has 9 heteroatoms. The molecular formula is C18H23N3O5S. The summed E-state index contributed by atoms with van der Waals surface area (Å²) in [5.41, 5.74) is 1.03. The molecule has 2 aromatic rings. The van der Waals surface area contributed by atoms with Gasteiger partial charge in [0.1, 0.15) is 17.1 Å². The maximum absolute atomic E-state index is 12.5. The van der Waals surface area contributed by atoms with E-state index in [4.69, 9.17) is 9.47 Å². The molecule has 1 aromatic heterocycles. The van der Waals surface area contributed by atoms with Crippen LogP contribution in [0.1, 0.15) is 15.9 Å². The van der Waals surface area contributed by atoms with Crippen LogP contribution in [0.5, 0.6) is 11.5 Å². The number of hydrogen-bond donors (Lipinski definition) is 1. The van der Waals surface area contributed by atoms with Crippen LogP contribution in [0.3, 0.4) is 0 Å². The lowest BCUT2D eigenvalue weighted by Gasteiger charge is -2.20. The fourth-order valence-corrected chi connectivity index (χ4v) is 3.32. The highest BCUT2D eigenvalue weighted by molar-refractivity contribution is 7.88. The number of carbonyl (C=O) groups is 1. The highest BCUT2D eigenvalue weighted by Crippen LogP contribution is 2.27. The SMILES string of the molecule is COc1cccc(OC)c1C(=O)NCCN(Cc1cccnc1)S(C)(=O)=O. The van der Waals surface area contributed by atoms with Crippen LogP contribution in [0.25, 0.3) is 0 Å². The van der Waals surface area contributed by atoms with Gasteiger partial charge in [-0.2, -0.15) is 4.31 Å². The molecule has 146 valence electrons. The fraction of sp³-hybridized carbons (Fsp3) is 0.333. The molecule has 0 radical (unpaired) electrons. The molecule has 0 aliphatic rings. The van der Waals surface area contributed by atoms with Crippen molar-refractivity contribution < 1.29 is 22.7 Å².